The number of carbonyl (C=O) groups excluding carboxylic acids is 2. The van der Waals surface area contributed by atoms with E-state index in [0.717, 1.165) is 12.1 Å². The molecule has 2 atom stereocenters. The van der Waals surface area contributed by atoms with Crippen molar-refractivity contribution in [2.24, 2.45) is 0 Å². The molecule has 37 heavy (non-hydrogen) atoms. The highest BCUT2D eigenvalue weighted by Crippen LogP contribution is 2.45. The molecule has 0 spiro atoms. The largest absolute Gasteiger partial charge is 0.471 e. The van der Waals surface area contributed by atoms with E-state index in [9.17, 15) is 27.2 Å². The maximum Gasteiger partial charge on any atom is 0.471 e. The van der Waals surface area contributed by atoms with E-state index in [2.05, 4.69) is 20.4 Å². The molecule has 2 aromatic heterocycles. The van der Waals surface area contributed by atoms with E-state index in [1.807, 2.05) is 0 Å². The van der Waals surface area contributed by atoms with Gasteiger partial charge in [0.25, 0.3) is 5.91 Å². The highest BCUT2D eigenvalue weighted by molar-refractivity contribution is 6.31. The molecule has 1 fully saturated rings. The number of aromatic nitrogens is 3. The van der Waals surface area contributed by atoms with Crippen LogP contribution in [0.4, 0.5) is 22.0 Å². The summed E-state index contributed by atoms with van der Waals surface area (Å²) >= 11 is 6.05. The number of ether oxygens (including phenoxy) is 1. The Morgan fingerprint density at radius 1 is 1.30 bits per heavy atom. The number of amides is 2. The molecule has 1 aliphatic heterocycles. The van der Waals surface area contributed by atoms with Gasteiger partial charge in [-0.2, -0.15) is 18.2 Å². The molecule has 0 saturated carbocycles. The first-order chi connectivity index (χ1) is 17.3. The summed E-state index contributed by atoms with van der Waals surface area (Å²) in [6.07, 6.45) is -0.264. The van der Waals surface area contributed by atoms with E-state index in [0.29, 0.717) is 0 Å². The molecule has 1 aliphatic carbocycles. The van der Waals surface area contributed by atoms with Crippen LogP contribution < -0.4 is 10.6 Å². The van der Waals surface area contributed by atoms with Crippen LogP contribution in [-0.4, -0.2) is 58.4 Å². The average molecular weight is 548 g/mol. The Kier molecular flexibility index (Phi) is 7.08. The Labute approximate surface area is 211 Å². The Hall–Kier alpha value is -3.39. The second-order valence-corrected chi connectivity index (χ2v) is 8.93. The van der Waals surface area contributed by atoms with Crippen molar-refractivity contribution in [3.63, 3.8) is 0 Å². The molecule has 2 amide bonds. The molecule has 4 rings (SSSR count). The number of hydrogen-bond donors (Lipinski definition) is 2. The van der Waals surface area contributed by atoms with Gasteiger partial charge in [-0.05, 0) is 23.8 Å². The van der Waals surface area contributed by atoms with Crippen LogP contribution in [0.25, 0.3) is 0 Å². The number of allylic oxidation sites excluding steroid dienone is 4. The monoisotopic (exact) mass is 547 g/mol. The fraction of sp³-hybridized carbons (Fsp3) is 0.409. The third kappa shape index (κ3) is 5.34. The summed E-state index contributed by atoms with van der Waals surface area (Å²) in [6.45, 7) is 0.388. The second kappa shape index (κ2) is 9.82. The van der Waals surface area contributed by atoms with Gasteiger partial charge in [-0.1, -0.05) is 22.8 Å². The Balaban J connectivity index is 1.44. The molecule has 2 aliphatic rings. The number of aryl methyl sites for hydroxylation is 1. The molecule has 0 radical (unpaired) electrons. The van der Waals surface area contributed by atoms with E-state index in [4.69, 9.17) is 20.9 Å². The molecule has 0 bridgehead atoms. The summed E-state index contributed by atoms with van der Waals surface area (Å²) < 4.78 is 78.3. The fourth-order valence-corrected chi connectivity index (χ4v) is 3.99. The van der Waals surface area contributed by atoms with Crippen LogP contribution >= 0.6 is 11.6 Å². The Bertz CT molecular complexity index is 1280. The van der Waals surface area contributed by atoms with E-state index in [-0.39, 0.29) is 41.0 Å². The molecule has 2 N–H and O–H groups in total. The molecular formula is C22H19ClF5N5O4. The van der Waals surface area contributed by atoms with Gasteiger partial charge in [-0.3, -0.25) is 14.6 Å². The first-order valence-corrected chi connectivity index (χ1v) is 11.2. The number of nitrogens with zero attached hydrogens (tertiary/aromatic N) is 3. The molecular weight excluding hydrogens is 529 g/mol. The number of rotatable bonds is 7. The molecule has 9 nitrogen and oxygen atoms in total. The van der Waals surface area contributed by atoms with Crippen molar-refractivity contribution in [1.82, 2.24) is 25.8 Å². The van der Waals surface area contributed by atoms with Gasteiger partial charge >= 0.3 is 12.1 Å². The van der Waals surface area contributed by atoms with Gasteiger partial charge in [0.05, 0.1) is 24.8 Å². The first-order valence-electron chi connectivity index (χ1n) is 10.8. The predicted molar refractivity (Wildman–Crippen MR) is 116 cm³/mol. The van der Waals surface area contributed by atoms with Crippen LogP contribution in [0, 0.1) is 12.7 Å². The van der Waals surface area contributed by atoms with Crippen LogP contribution in [0.15, 0.2) is 40.0 Å². The zero-order valence-corrected chi connectivity index (χ0v) is 19.8. The van der Waals surface area contributed by atoms with E-state index >= 15 is 4.39 Å². The van der Waals surface area contributed by atoms with Crippen LogP contribution in [0.5, 0.6) is 0 Å². The number of pyridine rings is 1. The zero-order valence-electron chi connectivity index (χ0n) is 19.0. The van der Waals surface area contributed by atoms with Gasteiger partial charge in [0.2, 0.25) is 17.4 Å². The van der Waals surface area contributed by atoms with Crippen molar-refractivity contribution < 1.29 is 40.8 Å². The number of carbonyl (C=O) groups is 2. The number of nitrogens with one attached hydrogen (secondary N) is 2. The van der Waals surface area contributed by atoms with Gasteiger partial charge in [0.1, 0.15) is 5.82 Å². The van der Waals surface area contributed by atoms with Gasteiger partial charge in [0, 0.05) is 31.1 Å². The molecule has 0 aromatic carbocycles. The van der Waals surface area contributed by atoms with Crippen LogP contribution in [-0.2, 0) is 26.4 Å². The maximum atomic E-state index is 16.0. The van der Waals surface area contributed by atoms with Crippen molar-refractivity contribution >= 4 is 23.4 Å². The lowest BCUT2D eigenvalue weighted by Crippen LogP contribution is -2.71. The predicted octanol–water partition coefficient (Wildman–Crippen LogP) is 2.66. The van der Waals surface area contributed by atoms with Crippen LogP contribution in [0.1, 0.15) is 28.9 Å². The van der Waals surface area contributed by atoms with Crippen molar-refractivity contribution in [3.8, 4) is 0 Å². The maximum absolute atomic E-state index is 16.0. The average Bonchev–Trinajstić information content (AvgIpc) is 3.25. The number of alkyl halides is 4. The minimum atomic E-state index is -5.18. The highest BCUT2D eigenvalue weighted by Gasteiger charge is 2.52. The van der Waals surface area contributed by atoms with Gasteiger partial charge in [-0.25, -0.2) is 8.78 Å². The van der Waals surface area contributed by atoms with Crippen molar-refractivity contribution in [3.05, 3.63) is 64.3 Å². The van der Waals surface area contributed by atoms with Gasteiger partial charge < -0.3 is 19.9 Å². The minimum absolute atomic E-state index is 0.0939. The van der Waals surface area contributed by atoms with Gasteiger partial charge in [-0.15, -0.1) is 0 Å². The fourth-order valence-electron chi connectivity index (χ4n) is 3.80. The van der Waals surface area contributed by atoms with E-state index in [1.165, 1.54) is 25.3 Å². The lowest BCUT2D eigenvalue weighted by molar-refractivity contribution is -0.183. The zero-order chi connectivity index (χ0) is 27.0. The third-order valence-corrected chi connectivity index (χ3v) is 6.07. The molecule has 198 valence electrons. The van der Waals surface area contributed by atoms with E-state index in [1.54, 1.807) is 5.32 Å². The molecule has 3 heterocycles. The van der Waals surface area contributed by atoms with E-state index < -0.39 is 54.1 Å². The quantitative estimate of drug-likeness (QED) is 0.512. The third-order valence-electron chi connectivity index (χ3n) is 5.82. The SMILES string of the molecule is Cc1nc(C2(F)C=CC(Cl)=C[C@@H]2c2cnc(CCNC(=O)C3(NC(=O)C(F)(F)F)COC3)c(F)c2)no1. The van der Waals surface area contributed by atoms with Crippen molar-refractivity contribution in [1.29, 1.82) is 0 Å². The summed E-state index contributed by atoms with van der Waals surface area (Å²) in [5.41, 5.74) is -4.14. The van der Waals surface area contributed by atoms with Crippen molar-refractivity contribution in [2.45, 2.75) is 36.6 Å². The molecule has 2 aromatic rings. The standard InChI is InChI=1S/C22H19ClF5N5O4/c1-11-31-17(33-37-11)21(25)4-2-13(23)7-14(21)12-6-15(24)16(30-8-12)3-5-29-18(34)20(9-36-10-20)32-19(35)22(26,27)28/h2,4,6-8,14H,3,5,9-10H2,1H3,(H,29,34)(H,32,35)/t14-,21?/m1/s1. The Morgan fingerprint density at radius 3 is 2.59 bits per heavy atom. The Morgan fingerprint density at radius 2 is 2.03 bits per heavy atom. The lowest BCUT2D eigenvalue weighted by atomic mass is 9.80. The molecule has 15 heteroatoms. The summed E-state index contributed by atoms with van der Waals surface area (Å²) in [6, 6.07) is 1.06. The van der Waals surface area contributed by atoms with Gasteiger partial charge in [0.15, 0.2) is 5.54 Å². The van der Waals surface area contributed by atoms with Crippen molar-refractivity contribution in [2.75, 3.05) is 19.8 Å². The second-order valence-electron chi connectivity index (χ2n) is 8.50. The number of hydrogen-bond acceptors (Lipinski definition) is 7. The summed E-state index contributed by atoms with van der Waals surface area (Å²) in [5, 5.41) is 7.82. The summed E-state index contributed by atoms with van der Waals surface area (Å²) in [5.74, 6) is -5.28. The lowest BCUT2D eigenvalue weighted by Gasteiger charge is -2.40. The van der Waals surface area contributed by atoms with Crippen LogP contribution in [0.3, 0.4) is 0 Å². The minimum Gasteiger partial charge on any atom is -0.375 e. The van der Waals surface area contributed by atoms with Crippen LogP contribution in [0.2, 0.25) is 0 Å². The smallest absolute Gasteiger partial charge is 0.375 e. The summed E-state index contributed by atoms with van der Waals surface area (Å²) in [7, 11) is 0. The summed E-state index contributed by atoms with van der Waals surface area (Å²) in [4.78, 5) is 31.6. The highest BCUT2D eigenvalue weighted by atomic mass is 35.5. The normalized spacial score (nSPS) is 22.7. The topological polar surface area (TPSA) is 119 Å². The first kappa shape index (κ1) is 26.7. The molecule has 1 saturated heterocycles. The number of halogens is 6. The molecule has 1 unspecified atom stereocenters.